The minimum atomic E-state index is -4.48. The van der Waals surface area contributed by atoms with Crippen LogP contribution in [0.2, 0.25) is 0 Å². The summed E-state index contributed by atoms with van der Waals surface area (Å²) in [7, 11) is -4.48. The minimum absolute atomic E-state index is 0. The average Bonchev–Trinajstić information content (AvgIpc) is 2.74. The van der Waals surface area contributed by atoms with E-state index in [9.17, 15) is 18.1 Å². The predicted molar refractivity (Wildman–Crippen MR) is 127 cm³/mol. The summed E-state index contributed by atoms with van der Waals surface area (Å²) >= 11 is 0. The van der Waals surface area contributed by atoms with Gasteiger partial charge < -0.3 is 9.84 Å². The fraction of sp³-hybridized carbons (Fsp3) is 0.538. The van der Waals surface area contributed by atoms with E-state index in [4.69, 9.17) is 4.74 Å². The second-order valence-electron chi connectivity index (χ2n) is 8.47. The van der Waals surface area contributed by atoms with Gasteiger partial charge in [0.15, 0.2) is 0 Å². The van der Waals surface area contributed by atoms with Crippen molar-refractivity contribution in [2.24, 2.45) is 0 Å². The van der Waals surface area contributed by atoms with Crippen molar-refractivity contribution in [3.8, 4) is 17.2 Å². The summed E-state index contributed by atoms with van der Waals surface area (Å²) in [5.41, 5.74) is 1.10. The van der Waals surface area contributed by atoms with E-state index in [1.807, 2.05) is 18.2 Å². The molecule has 0 fully saturated rings. The van der Waals surface area contributed by atoms with Gasteiger partial charge in [0.2, 0.25) is 0 Å². The zero-order chi connectivity index (χ0) is 23.2. The molecule has 2 rings (SSSR count). The summed E-state index contributed by atoms with van der Waals surface area (Å²) in [5, 5.41) is 11.6. The summed E-state index contributed by atoms with van der Waals surface area (Å²) < 4.78 is 38.1. The Hall–Kier alpha value is -0.414. The summed E-state index contributed by atoms with van der Waals surface area (Å²) in [5.74, 6) is -0.112. The third kappa shape index (κ3) is 12.7. The number of ether oxygens (including phenoxy) is 1. The summed E-state index contributed by atoms with van der Waals surface area (Å²) in [6.07, 6.45) is 16.6. The van der Waals surface area contributed by atoms with Gasteiger partial charge in [0.25, 0.3) is 10.1 Å². The number of unbranched alkanes of at least 4 members (excludes halogenated alkanes) is 11. The van der Waals surface area contributed by atoms with E-state index >= 15 is 0 Å². The van der Waals surface area contributed by atoms with E-state index < -0.39 is 15.0 Å². The first-order chi connectivity index (χ1) is 15.4. The van der Waals surface area contributed by atoms with Gasteiger partial charge in [0, 0.05) is 0 Å². The molecular weight excluding hydrogens is 463 g/mol. The van der Waals surface area contributed by atoms with Crippen LogP contribution in [0.4, 0.5) is 0 Å². The molecule has 7 heteroatoms. The third-order valence-electron chi connectivity index (χ3n) is 5.64. The Bertz CT molecular complexity index is 915. The van der Waals surface area contributed by atoms with Crippen LogP contribution in [0.25, 0.3) is 0 Å². The number of benzene rings is 2. The Balaban J connectivity index is 0.00000544. The molecule has 33 heavy (non-hydrogen) atoms. The number of hydrogen-bond donors (Lipinski definition) is 1. The summed E-state index contributed by atoms with van der Waals surface area (Å²) in [6.45, 7) is 2.25. The van der Waals surface area contributed by atoms with E-state index in [0.29, 0.717) is 5.75 Å². The van der Waals surface area contributed by atoms with Gasteiger partial charge in [0.1, 0.15) is 16.4 Å². The molecule has 0 saturated carbocycles. The normalized spacial score (nSPS) is 11.2. The van der Waals surface area contributed by atoms with Crippen LogP contribution in [-0.4, -0.2) is 13.0 Å². The van der Waals surface area contributed by atoms with Crippen LogP contribution in [0.3, 0.4) is 0 Å². The molecular formula is C26H37KO5S. The topological polar surface area (TPSA) is 86.7 Å². The van der Waals surface area contributed by atoms with E-state index in [-0.39, 0.29) is 62.9 Å². The van der Waals surface area contributed by atoms with Crippen molar-refractivity contribution in [3.63, 3.8) is 0 Å². The SMILES string of the molecule is CCCCCCCCCCCCCCc1cccc(Oc2cc([O-])ccc2S(=O)(=O)O)c1.[K+]. The molecule has 0 heterocycles. The van der Waals surface area contributed by atoms with Crippen LogP contribution in [0, 0.1) is 0 Å². The van der Waals surface area contributed by atoms with Gasteiger partial charge in [-0.3, -0.25) is 4.55 Å². The Morgan fingerprint density at radius 1 is 0.818 bits per heavy atom. The van der Waals surface area contributed by atoms with Gasteiger partial charge in [0.05, 0.1) is 0 Å². The third-order valence-corrected chi connectivity index (χ3v) is 6.53. The van der Waals surface area contributed by atoms with Gasteiger partial charge in [-0.05, 0) is 42.7 Å². The fourth-order valence-electron chi connectivity index (χ4n) is 3.84. The molecule has 0 amide bonds. The Kier molecular flexibility index (Phi) is 15.9. The Morgan fingerprint density at radius 2 is 1.39 bits per heavy atom. The molecule has 0 atom stereocenters. The maximum atomic E-state index is 11.6. The molecule has 0 aliphatic rings. The molecule has 2 aromatic rings. The van der Waals surface area contributed by atoms with Gasteiger partial charge in [-0.1, -0.05) is 95.8 Å². The van der Waals surface area contributed by atoms with Crippen molar-refractivity contribution in [1.29, 1.82) is 0 Å². The maximum absolute atomic E-state index is 11.6. The second kappa shape index (κ2) is 17.1. The molecule has 5 nitrogen and oxygen atoms in total. The van der Waals surface area contributed by atoms with Gasteiger partial charge in [-0.25, -0.2) is 0 Å². The van der Waals surface area contributed by atoms with Crippen LogP contribution in [0.15, 0.2) is 47.4 Å². The first kappa shape index (κ1) is 30.6. The molecule has 0 spiro atoms. The van der Waals surface area contributed by atoms with E-state index in [1.54, 1.807) is 6.07 Å². The quantitative estimate of drug-likeness (QED) is 0.213. The molecule has 0 aromatic heterocycles. The summed E-state index contributed by atoms with van der Waals surface area (Å²) in [6, 6.07) is 10.6. The van der Waals surface area contributed by atoms with Crippen molar-refractivity contribution < 1.29 is 74.2 Å². The molecule has 0 saturated heterocycles. The molecule has 0 bridgehead atoms. The van der Waals surface area contributed by atoms with Crippen molar-refractivity contribution >= 4 is 10.1 Å². The molecule has 1 N–H and O–H groups in total. The van der Waals surface area contributed by atoms with E-state index in [1.165, 1.54) is 70.6 Å². The molecule has 2 aromatic carbocycles. The molecule has 0 aliphatic carbocycles. The Morgan fingerprint density at radius 3 is 1.97 bits per heavy atom. The molecule has 0 aliphatic heterocycles. The number of aryl methyl sites for hydroxylation is 1. The molecule has 178 valence electrons. The number of hydrogen-bond acceptors (Lipinski definition) is 4. The molecule has 0 radical (unpaired) electrons. The average molecular weight is 501 g/mol. The minimum Gasteiger partial charge on any atom is -0.872 e. The predicted octanol–water partition coefficient (Wildman–Crippen LogP) is 4.05. The van der Waals surface area contributed by atoms with Crippen molar-refractivity contribution in [3.05, 3.63) is 48.0 Å². The smallest absolute Gasteiger partial charge is 0.872 e. The number of rotatable bonds is 16. The first-order valence-corrected chi connectivity index (χ1v) is 13.4. The zero-order valence-electron chi connectivity index (χ0n) is 20.2. The summed E-state index contributed by atoms with van der Waals surface area (Å²) in [4.78, 5) is -0.413. The van der Waals surface area contributed by atoms with Crippen LogP contribution in [-0.2, 0) is 16.5 Å². The van der Waals surface area contributed by atoms with Gasteiger partial charge in [-0.15, -0.1) is 5.75 Å². The van der Waals surface area contributed by atoms with Crippen molar-refractivity contribution in [2.45, 2.75) is 95.3 Å². The van der Waals surface area contributed by atoms with E-state index in [2.05, 4.69) is 6.92 Å². The van der Waals surface area contributed by atoms with Crippen LogP contribution < -0.4 is 61.2 Å². The first-order valence-electron chi connectivity index (χ1n) is 12.0. The van der Waals surface area contributed by atoms with Crippen molar-refractivity contribution in [1.82, 2.24) is 0 Å². The van der Waals surface area contributed by atoms with Crippen molar-refractivity contribution in [2.75, 3.05) is 0 Å². The van der Waals surface area contributed by atoms with Crippen LogP contribution in [0.5, 0.6) is 17.2 Å². The standard InChI is InChI=1S/C26H38O5S.K/c1-2-3-4-5-6-7-8-9-10-11-12-13-15-22-16-14-17-24(20-22)31-25-21-23(27)18-19-26(25)32(28,29)30;/h14,16-21,27H,2-13,15H2,1H3,(H,28,29,30);/q;+1/p-1. The maximum Gasteiger partial charge on any atom is 1.00 e. The van der Waals surface area contributed by atoms with Gasteiger partial charge >= 0.3 is 51.4 Å². The van der Waals surface area contributed by atoms with E-state index in [0.717, 1.165) is 36.6 Å². The largest absolute Gasteiger partial charge is 1.00 e. The fourth-order valence-corrected chi connectivity index (χ4v) is 4.44. The van der Waals surface area contributed by atoms with Crippen LogP contribution in [0.1, 0.15) is 89.5 Å². The molecule has 0 unspecified atom stereocenters. The van der Waals surface area contributed by atoms with Gasteiger partial charge in [-0.2, -0.15) is 8.42 Å². The zero-order valence-corrected chi connectivity index (χ0v) is 24.2. The van der Waals surface area contributed by atoms with Crippen LogP contribution >= 0.6 is 0 Å². The monoisotopic (exact) mass is 500 g/mol. The second-order valence-corrected chi connectivity index (χ2v) is 9.86. The Labute approximate surface area is 242 Å².